The molecule has 1 aromatic heterocycles. The molecule has 1 N–H and O–H groups in total. The van der Waals surface area contributed by atoms with Crippen molar-refractivity contribution in [2.45, 2.75) is 30.6 Å². The molecule has 0 saturated carbocycles. The van der Waals surface area contributed by atoms with E-state index in [1.54, 1.807) is 41.4 Å². The normalized spacial score (nSPS) is 15.0. The number of nitrogens with zero attached hydrogens (tertiary/aromatic N) is 3. The lowest BCUT2D eigenvalue weighted by Gasteiger charge is -2.22. The van der Waals surface area contributed by atoms with E-state index in [2.05, 4.69) is 30.6 Å². The number of carbonyl (C=O) groups excluding carboxylic acids is 1. The number of anilines is 1. The van der Waals surface area contributed by atoms with Crippen LogP contribution in [0.1, 0.15) is 36.0 Å². The fourth-order valence-corrected chi connectivity index (χ4v) is 5.42. The molecule has 4 rings (SSSR count). The second-order valence-corrected chi connectivity index (χ2v) is 9.75. The van der Waals surface area contributed by atoms with E-state index in [0.29, 0.717) is 34.3 Å². The van der Waals surface area contributed by atoms with Crippen molar-refractivity contribution in [3.05, 3.63) is 58.8 Å². The van der Waals surface area contributed by atoms with E-state index in [9.17, 15) is 13.2 Å². The molecule has 9 heteroatoms. The standard InChI is InChI=1S/C21H21BrN4O3S/c22-15-8-9-16(21(27)26-12-3-1-2-4-13-26)19(14-15)30(28,29)25-18-7-5-6-17-20(18)24-11-10-23-17/h5-11,14,25H,1-4,12-13H2. The van der Waals surface area contributed by atoms with E-state index in [-0.39, 0.29) is 16.4 Å². The zero-order valence-corrected chi connectivity index (χ0v) is 18.6. The molecule has 156 valence electrons. The predicted octanol–water partition coefficient (Wildman–Crippen LogP) is 4.21. The van der Waals surface area contributed by atoms with Gasteiger partial charge in [0.1, 0.15) is 10.4 Å². The molecule has 0 bridgehead atoms. The van der Waals surface area contributed by atoms with E-state index in [1.165, 1.54) is 12.3 Å². The van der Waals surface area contributed by atoms with E-state index in [4.69, 9.17) is 0 Å². The summed E-state index contributed by atoms with van der Waals surface area (Å²) in [5.74, 6) is -0.262. The summed E-state index contributed by atoms with van der Waals surface area (Å²) in [7, 11) is -4.05. The van der Waals surface area contributed by atoms with Gasteiger partial charge in [-0.15, -0.1) is 0 Å². The van der Waals surface area contributed by atoms with Crippen molar-refractivity contribution in [3.63, 3.8) is 0 Å². The minimum absolute atomic E-state index is 0.0629. The Kier molecular flexibility index (Phi) is 6.01. The number of hydrogen-bond donors (Lipinski definition) is 1. The summed E-state index contributed by atoms with van der Waals surface area (Å²) in [6.45, 7) is 1.28. The zero-order valence-electron chi connectivity index (χ0n) is 16.2. The van der Waals surface area contributed by atoms with Crippen LogP contribution in [0, 0.1) is 0 Å². The third kappa shape index (κ3) is 4.32. The average molecular weight is 489 g/mol. The van der Waals surface area contributed by atoms with Gasteiger partial charge in [-0.05, 0) is 43.2 Å². The third-order valence-corrected chi connectivity index (χ3v) is 7.00. The minimum atomic E-state index is -4.05. The minimum Gasteiger partial charge on any atom is -0.339 e. The maximum atomic E-state index is 13.3. The highest BCUT2D eigenvalue weighted by Crippen LogP contribution is 2.28. The van der Waals surface area contributed by atoms with Gasteiger partial charge in [0, 0.05) is 30.0 Å². The summed E-state index contributed by atoms with van der Waals surface area (Å²) in [6, 6.07) is 9.81. The Balaban J connectivity index is 1.73. The highest BCUT2D eigenvalue weighted by molar-refractivity contribution is 9.10. The second-order valence-electron chi connectivity index (χ2n) is 7.18. The topological polar surface area (TPSA) is 92.3 Å². The first-order chi connectivity index (χ1) is 14.5. The van der Waals surface area contributed by atoms with Crippen LogP contribution in [0.5, 0.6) is 0 Å². The van der Waals surface area contributed by atoms with Gasteiger partial charge in [-0.2, -0.15) is 0 Å². The first-order valence-corrected chi connectivity index (χ1v) is 12.0. The third-order valence-electron chi connectivity index (χ3n) is 5.10. The lowest BCUT2D eigenvalue weighted by atomic mass is 10.2. The first kappa shape index (κ1) is 20.7. The molecule has 30 heavy (non-hydrogen) atoms. The fraction of sp³-hybridized carbons (Fsp3) is 0.286. The molecule has 1 aliphatic rings. The van der Waals surface area contributed by atoms with Gasteiger partial charge in [0.25, 0.3) is 15.9 Å². The maximum Gasteiger partial charge on any atom is 0.262 e. The molecule has 0 radical (unpaired) electrons. The number of fused-ring (bicyclic) bond motifs is 1. The van der Waals surface area contributed by atoms with Crippen LogP contribution in [0.4, 0.5) is 5.69 Å². The highest BCUT2D eigenvalue weighted by atomic mass is 79.9. The molecule has 1 amide bonds. The number of aromatic nitrogens is 2. The molecular formula is C21H21BrN4O3S. The lowest BCUT2D eigenvalue weighted by molar-refractivity contribution is 0.0757. The smallest absolute Gasteiger partial charge is 0.262 e. The van der Waals surface area contributed by atoms with Crippen LogP contribution in [-0.2, 0) is 10.0 Å². The van der Waals surface area contributed by atoms with Gasteiger partial charge in [0.05, 0.1) is 16.8 Å². The quantitative estimate of drug-likeness (QED) is 0.593. The largest absolute Gasteiger partial charge is 0.339 e. The number of likely N-dealkylation sites (tertiary alicyclic amines) is 1. The number of benzene rings is 2. The van der Waals surface area contributed by atoms with E-state index >= 15 is 0 Å². The van der Waals surface area contributed by atoms with Gasteiger partial charge in [0.15, 0.2) is 0 Å². The van der Waals surface area contributed by atoms with Gasteiger partial charge in [0.2, 0.25) is 0 Å². The van der Waals surface area contributed by atoms with Crippen molar-refractivity contribution in [1.82, 2.24) is 14.9 Å². The number of sulfonamides is 1. The maximum absolute atomic E-state index is 13.3. The van der Waals surface area contributed by atoms with Crippen molar-refractivity contribution in [2.24, 2.45) is 0 Å². The predicted molar refractivity (Wildman–Crippen MR) is 119 cm³/mol. The summed E-state index contributed by atoms with van der Waals surface area (Å²) < 4.78 is 29.8. The molecule has 3 aromatic rings. The van der Waals surface area contributed by atoms with Crippen LogP contribution in [0.25, 0.3) is 11.0 Å². The van der Waals surface area contributed by atoms with Gasteiger partial charge in [-0.1, -0.05) is 34.8 Å². The molecule has 2 heterocycles. The van der Waals surface area contributed by atoms with E-state index in [0.717, 1.165) is 25.7 Å². The number of para-hydroxylation sites is 1. The Hall–Kier alpha value is -2.52. The molecule has 1 saturated heterocycles. The van der Waals surface area contributed by atoms with Gasteiger partial charge in [-0.3, -0.25) is 19.5 Å². The summed E-state index contributed by atoms with van der Waals surface area (Å²) >= 11 is 3.33. The van der Waals surface area contributed by atoms with Crippen molar-refractivity contribution in [2.75, 3.05) is 17.8 Å². The fourth-order valence-electron chi connectivity index (χ4n) is 3.61. The van der Waals surface area contributed by atoms with Crippen LogP contribution in [0.3, 0.4) is 0 Å². The van der Waals surface area contributed by atoms with E-state index in [1.807, 2.05) is 0 Å². The molecule has 0 spiro atoms. The first-order valence-electron chi connectivity index (χ1n) is 9.77. The van der Waals surface area contributed by atoms with Crippen molar-refractivity contribution in [1.29, 1.82) is 0 Å². The van der Waals surface area contributed by atoms with Crippen molar-refractivity contribution in [3.8, 4) is 0 Å². The van der Waals surface area contributed by atoms with Crippen molar-refractivity contribution >= 4 is 48.6 Å². The molecule has 1 fully saturated rings. The zero-order chi connectivity index (χ0) is 21.1. The van der Waals surface area contributed by atoms with Gasteiger partial charge >= 0.3 is 0 Å². The average Bonchev–Trinajstić information content (AvgIpc) is 3.03. The van der Waals surface area contributed by atoms with Gasteiger partial charge < -0.3 is 4.90 Å². The van der Waals surface area contributed by atoms with Crippen LogP contribution >= 0.6 is 15.9 Å². The number of amides is 1. The second kappa shape index (κ2) is 8.69. The number of rotatable bonds is 4. The summed E-state index contributed by atoms with van der Waals surface area (Å²) in [5.41, 5.74) is 1.50. The Morgan fingerprint density at radius 2 is 1.73 bits per heavy atom. The molecule has 1 aliphatic heterocycles. The van der Waals surface area contributed by atoms with Crippen LogP contribution in [0.15, 0.2) is 58.2 Å². The number of hydrogen-bond acceptors (Lipinski definition) is 5. The Bertz CT molecular complexity index is 1190. The SMILES string of the molecule is O=C(c1ccc(Br)cc1S(=O)(=O)Nc1cccc2nccnc12)N1CCCCCC1. The lowest BCUT2D eigenvalue weighted by Crippen LogP contribution is -2.33. The molecule has 0 atom stereocenters. The van der Waals surface area contributed by atoms with Crippen LogP contribution in [-0.4, -0.2) is 42.3 Å². The van der Waals surface area contributed by atoms with Crippen LogP contribution < -0.4 is 4.72 Å². The molecular weight excluding hydrogens is 468 g/mol. The van der Waals surface area contributed by atoms with Gasteiger partial charge in [-0.25, -0.2) is 8.42 Å². The Morgan fingerprint density at radius 3 is 2.50 bits per heavy atom. The Morgan fingerprint density at radius 1 is 1.00 bits per heavy atom. The van der Waals surface area contributed by atoms with Crippen molar-refractivity contribution < 1.29 is 13.2 Å². The number of halogens is 1. The Labute approximate surface area is 183 Å². The van der Waals surface area contributed by atoms with E-state index < -0.39 is 10.0 Å². The molecule has 7 nitrogen and oxygen atoms in total. The molecule has 2 aromatic carbocycles. The summed E-state index contributed by atoms with van der Waals surface area (Å²) in [5, 5.41) is 0. The molecule has 0 aliphatic carbocycles. The number of nitrogens with one attached hydrogen (secondary N) is 1. The van der Waals surface area contributed by atoms with Crippen LogP contribution in [0.2, 0.25) is 0 Å². The number of carbonyl (C=O) groups is 1. The molecule has 0 unspecified atom stereocenters. The summed E-state index contributed by atoms with van der Waals surface area (Å²) in [4.78, 5) is 23.3. The monoisotopic (exact) mass is 488 g/mol. The highest BCUT2D eigenvalue weighted by Gasteiger charge is 2.27. The summed E-state index contributed by atoms with van der Waals surface area (Å²) in [6.07, 6.45) is 7.08.